The first-order valence-electron chi connectivity index (χ1n) is 4.33. The molecule has 4 N–H and O–H groups in total. The van der Waals surface area contributed by atoms with E-state index < -0.39 is 0 Å². The van der Waals surface area contributed by atoms with Gasteiger partial charge in [0.2, 0.25) is 0 Å². The van der Waals surface area contributed by atoms with Crippen LogP contribution in [0.2, 0.25) is 0 Å². The van der Waals surface area contributed by atoms with E-state index in [0.29, 0.717) is 0 Å². The fourth-order valence-corrected chi connectivity index (χ4v) is 1.39. The predicted octanol–water partition coefficient (Wildman–Crippen LogP) is 1.53. The standard InChI is InChI=1S/C10H18N2/c1-10(2,3)7-4-8(11)6-9(12)5-7/h4,6,9H,5,11-12H2,1-3H3. The van der Waals surface area contributed by atoms with Gasteiger partial charge in [-0.2, -0.15) is 0 Å². The molecule has 1 rings (SSSR count). The Hall–Kier alpha value is -0.760. The van der Waals surface area contributed by atoms with E-state index in [1.165, 1.54) is 5.57 Å². The maximum atomic E-state index is 5.82. The Morgan fingerprint density at radius 3 is 2.42 bits per heavy atom. The Morgan fingerprint density at radius 2 is 2.00 bits per heavy atom. The Balaban J connectivity index is 2.87. The topological polar surface area (TPSA) is 52.0 Å². The minimum absolute atomic E-state index is 0.101. The van der Waals surface area contributed by atoms with E-state index in [2.05, 4.69) is 20.8 Å². The first-order valence-corrected chi connectivity index (χ1v) is 4.33. The molecule has 0 bridgehead atoms. The van der Waals surface area contributed by atoms with Gasteiger partial charge in [-0.25, -0.2) is 0 Å². The van der Waals surface area contributed by atoms with Crippen molar-refractivity contribution in [2.24, 2.45) is 16.9 Å². The van der Waals surface area contributed by atoms with Gasteiger partial charge >= 0.3 is 0 Å². The molecule has 2 heteroatoms. The van der Waals surface area contributed by atoms with Gasteiger partial charge in [-0.3, -0.25) is 0 Å². The van der Waals surface area contributed by atoms with Gasteiger partial charge in [0.15, 0.2) is 0 Å². The summed E-state index contributed by atoms with van der Waals surface area (Å²) in [5.41, 5.74) is 13.9. The zero-order valence-electron chi connectivity index (χ0n) is 8.09. The molecule has 0 aromatic rings. The summed E-state index contributed by atoms with van der Waals surface area (Å²) in [7, 11) is 0. The van der Waals surface area contributed by atoms with E-state index >= 15 is 0 Å². The van der Waals surface area contributed by atoms with Crippen LogP contribution in [0.3, 0.4) is 0 Å². The molecular weight excluding hydrogens is 148 g/mol. The molecule has 1 atom stereocenters. The number of hydrogen-bond acceptors (Lipinski definition) is 2. The van der Waals surface area contributed by atoms with Gasteiger partial charge in [0, 0.05) is 11.7 Å². The molecular formula is C10H18N2. The average Bonchev–Trinajstić information content (AvgIpc) is 1.82. The lowest BCUT2D eigenvalue weighted by Gasteiger charge is -2.27. The van der Waals surface area contributed by atoms with Gasteiger partial charge in [0.05, 0.1) is 0 Å². The number of nitrogens with two attached hydrogens (primary N) is 2. The summed E-state index contributed by atoms with van der Waals surface area (Å²) in [6.07, 6.45) is 4.89. The van der Waals surface area contributed by atoms with Crippen molar-refractivity contribution in [2.45, 2.75) is 33.2 Å². The summed E-state index contributed by atoms with van der Waals surface area (Å²) in [5.74, 6) is 0. The molecule has 0 spiro atoms. The fraction of sp³-hybridized carbons (Fsp3) is 0.600. The van der Waals surface area contributed by atoms with Gasteiger partial charge in [0.1, 0.15) is 0 Å². The molecule has 0 saturated heterocycles. The Morgan fingerprint density at radius 1 is 1.42 bits per heavy atom. The molecule has 0 amide bonds. The number of hydrogen-bond donors (Lipinski definition) is 2. The summed E-state index contributed by atoms with van der Waals surface area (Å²) in [5, 5.41) is 0. The smallest absolute Gasteiger partial charge is 0.0288 e. The minimum Gasteiger partial charge on any atom is -0.399 e. The molecule has 68 valence electrons. The second-order valence-corrected chi connectivity index (χ2v) is 4.45. The van der Waals surface area contributed by atoms with Crippen molar-refractivity contribution in [1.82, 2.24) is 0 Å². The highest BCUT2D eigenvalue weighted by atomic mass is 14.7. The molecule has 0 fully saturated rings. The lowest BCUT2D eigenvalue weighted by atomic mass is 9.80. The van der Waals surface area contributed by atoms with Crippen molar-refractivity contribution in [3.05, 3.63) is 23.4 Å². The van der Waals surface area contributed by atoms with Crippen molar-refractivity contribution in [3.63, 3.8) is 0 Å². The normalized spacial score (nSPS) is 24.8. The van der Waals surface area contributed by atoms with E-state index in [4.69, 9.17) is 11.5 Å². The molecule has 0 aliphatic heterocycles. The molecule has 0 aromatic carbocycles. The second-order valence-electron chi connectivity index (χ2n) is 4.45. The highest BCUT2D eigenvalue weighted by Gasteiger charge is 2.21. The summed E-state index contributed by atoms with van der Waals surface area (Å²) >= 11 is 0. The lowest BCUT2D eigenvalue weighted by molar-refractivity contribution is 0.471. The van der Waals surface area contributed by atoms with Crippen LogP contribution in [0.15, 0.2) is 23.4 Å². The van der Waals surface area contributed by atoms with Crippen LogP contribution >= 0.6 is 0 Å². The zero-order chi connectivity index (χ0) is 9.35. The van der Waals surface area contributed by atoms with Crippen molar-refractivity contribution in [2.75, 3.05) is 0 Å². The molecule has 1 aliphatic rings. The van der Waals surface area contributed by atoms with Crippen molar-refractivity contribution in [1.29, 1.82) is 0 Å². The Bertz CT molecular complexity index is 231. The zero-order valence-corrected chi connectivity index (χ0v) is 8.09. The largest absolute Gasteiger partial charge is 0.399 e. The minimum atomic E-state index is 0.101. The molecule has 0 heterocycles. The maximum Gasteiger partial charge on any atom is 0.0288 e. The summed E-state index contributed by atoms with van der Waals surface area (Å²) in [4.78, 5) is 0. The summed E-state index contributed by atoms with van der Waals surface area (Å²) < 4.78 is 0. The third-order valence-electron chi connectivity index (χ3n) is 2.17. The fourth-order valence-electron chi connectivity index (χ4n) is 1.39. The van der Waals surface area contributed by atoms with Gasteiger partial charge in [-0.15, -0.1) is 0 Å². The summed E-state index contributed by atoms with van der Waals surface area (Å²) in [6.45, 7) is 6.55. The van der Waals surface area contributed by atoms with Crippen LogP contribution in [0, 0.1) is 5.41 Å². The average molecular weight is 166 g/mol. The first-order chi connectivity index (χ1) is 5.39. The van der Waals surface area contributed by atoms with E-state index in [9.17, 15) is 0 Å². The number of allylic oxidation sites excluding steroid dienone is 1. The molecule has 12 heavy (non-hydrogen) atoms. The van der Waals surface area contributed by atoms with Crippen LogP contribution in [-0.4, -0.2) is 6.04 Å². The van der Waals surface area contributed by atoms with Gasteiger partial charge < -0.3 is 11.5 Å². The SMILES string of the molecule is CC(C)(C)C1=CC(N)=CC(N)C1. The molecule has 0 aromatic heterocycles. The molecule has 1 unspecified atom stereocenters. The highest BCUT2D eigenvalue weighted by molar-refractivity contribution is 5.31. The van der Waals surface area contributed by atoms with E-state index in [0.717, 1.165) is 12.1 Å². The van der Waals surface area contributed by atoms with Gasteiger partial charge in [0.25, 0.3) is 0 Å². The van der Waals surface area contributed by atoms with Crippen molar-refractivity contribution < 1.29 is 0 Å². The third kappa shape index (κ3) is 2.11. The van der Waals surface area contributed by atoms with Crippen LogP contribution in [0.25, 0.3) is 0 Å². The van der Waals surface area contributed by atoms with Crippen LogP contribution < -0.4 is 11.5 Å². The number of rotatable bonds is 0. The third-order valence-corrected chi connectivity index (χ3v) is 2.17. The van der Waals surface area contributed by atoms with Crippen LogP contribution in [0.5, 0.6) is 0 Å². The predicted molar refractivity (Wildman–Crippen MR) is 52.4 cm³/mol. The Labute approximate surface area is 74.3 Å². The first kappa shape index (κ1) is 9.33. The maximum absolute atomic E-state index is 5.82. The van der Waals surface area contributed by atoms with E-state index in [1.807, 2.05) is 12.2 Å². The monoisotopic (exact) mass is 166 g/mol. The lowest BCUT2D eigenvalue weighted by Crippen LogP contribution is -2.26. The summed E-state index contributed by atoms with van der Waals surface area (Å²) in [6, 6.07) is 0.101. The quantitative estimate of drug-likeness (QED) is 0.573. The van der Waals surface area contributed by atoms with Crippen LogP contribution in [0.1, 0.15) is 27.2 Å². The Kier molecular flexibility index (Phi) is 2.29. The molecule has 2 nitrogen and oxygen atoms in total. The van der Waals surface area contributed by atoms with E-state index in [1.54, 1.807) is 0 Å². The molecule has 0 saturated carbocycles. The van der Waals surface area contributed by atoms with E-state index in [-0.39, 0.29) is 11.5 Å². The molecule has 0 radical (unpaired) electrons. The van der Waals surface area contributed by atoms with Crippen LogP contribution in [-0.2, 0) is 0 Å². The molecule has 1 aliphatic carbocycles. The van der Waals surface area contributed by atoms with Crippen molar-refractivity contribution in [3.8, 4) is 0 Å². The van der Waals surface area contributed by atoms with Gasteiger partial charge in [-0.05, 0) is 24.0 Å². The highest BCUT2D eigenvalue weighted by Crippen LogP contribution is 2.31. The van der Waals surface area contributed by atoms with Crippen molar-refractivity contribution >= 4 is 0 Å². The van der Waals surface area contributed by atoms with Crippen LogP contribution in [0.4, 0.5) is 0 Å². The second kappa shape index (κ2) is 2.94. The van der Waals surface area contributed by atoms with Gasteiger partial charge in [-0.1, -0.05) is 26.3 Å².